The van der Waals surface area contributed by atoms with Crippen LogP contribution in [-0.4, -0.2) is 25.0 Å². The van der Waals surface area contributed by atoms with Crippen LogP contribution in [0.15, 0.2) is 47.0 Å². The molecule has 0 saturated carbocycles. The SMILES string of the molecule is CCOc1ccc(CC2=C(Cl)C=C[C@H]([C@@H](C)O[C@@H](C)C=[NH2+])C2)cc1. The number of halogens is 1. The molecule has 0 unspecified atom stereocenters. The van der Waals surface area contributed by atoms with Crippen molar-refractivity contribution >= 4 is 17.8 Å². The quantitative estimate of drug-likeness (QED) is 0.732. The average molecular weight is 349 g/mol. The summed E-state index contributed by atoms with van der Waals surface area (Å²) in [4.78, 5) is 0. The Morgan fingerprint density at radius 1 is 1.29 bits per heavy atom. The lowest BCUT2D eigenvalue weighted by Crippen LogP contribution is -2.38. The van der Waals surface area contributed by atoms with Gasteiger partial charge in [0, 0.05) is 11.0 Å². The number of nitrogens with two attached hydrogens (primary N) is 1. The lowest BCUT2D eigenvalue weighted by molar-refractivity contribution is -0.121. The summed E-state index contributed by atoms with van der Waals surface area (Å²) in [5.74, 6) is 1.21. The predicted molar refractivity (Wildman–Crippen MR) is 99.4 cm³/mol. The van der Waals surface area contributed by atoms with Crippen molar-refractivity contribution in [3.05, 3.63) is 52.6 Å². The van der Waals surface area contributed by atoms with Crippen LogP contribution in [0.2, 0.25) is 0 Å². The summed E-state index contributed by atoms with van der Waals surface area (Å²) in [5.41, 5.74) is 2.48. The third-order valence-corrected chi connectivity index (χ3v) is 4.66. The minimum atomic E-state index is -0.0515. The van der Waals surface area contributed by atoms with E-state index >= 15 is 0 Å². The second-order valence-electron chi connectivity index (χ2n) is 6.17. The normalized spacial score (nSPS) is 19.9. The lowest BCUT2D eigenvalue weighted by Gasteiger charge is -2.27. The number of allylic oxidation sites excluding steroid dienone is 3. The van der Waals surface area contributed by atoms with E-state index in [2.05, 4.69) is 25.1 Å². The molecule has 0 saturated heterocycles. The topological polar surface area (TPSA) is 44.0 Å². The van der Waals surface area contributed by atoms with Gasteiger partial charge in [-0.25, -0.2) is 0 Å². The Morgan fingerprint density at radius 2 is 2.00 bits per heavy atom. The van der Waals surface area contributed by atoms with Crippen LogP contribution in [0, 0.1) is 5.92 Å². The summed E-state index contributed by atoms with van der Waals surface area (Å²) in [6.45, 7) is 6.70. The van der Waals surface area contributed by atoms with Crippen LogP contribution in [0.4, 0.5) is 0 Å². The fraction of sp³-hybridized carbons (Fsp3) is 0.450. The van der Waals surface area contributed by atoms with E-state index in [1.165, 1.54) is 11.1 Å². The van der Waals surface area contributed by atoms with Crippen molar-refractivity contribution in [2.75, 3.05) is 6.61 Å². The molecule has 2 rings (SSSR count). The number of hydrogen-bond donors (Lipinski definition) is 1. The molecule has 1 aromatic carbocycles. The van der Waals surface area contributed by atoms with Crippen LogP contribution in [0.1, 0.15) is 32.8 Å². The molecule has 0 heterocycles. The van der Waals surface area contributed by atoms with E-state index in [1.54, 1.807) is 6.21 Å². The van der Waals surface area contributed by atoms with Crippen molar-refractivity contribution in [1.82, 2.24) is 0 Å². The van der Waals surface area contributed by atoms with Gasteiger partial charge in [-0.15, -0.1) is 0 Å². The molecule has 0 fully saturated rings. The molecule has 1 aromatic rings. The fourth-order valence-electron chi connectivity index (χ4n) is 2.86. The Labute approximate surface area is 149 Å². The number of rotatable bonds is 8. The fourth-order valence-corrected chi connectivity index (χ4v) is 3.07. The Morgan fingerprint density at radius 3 is 2.62 bits per heavy atom. The zero-order valence-corrected chi connectivity index (χ0v) is 15.4. The highest BCUT2D eigenvalue weighted by molar-refractivity contribution is 6.31. The van der Waals surface area contributed by atoms with Crippen molar-refractivity contribution in [2.45, 2.75) is 45.8 Å². The van der Waals surface area contributed by atoms with Crippen LogP contribution in [0.5, 0.6) is 5.75 Å². The molecule has 3 nitrogen and oxygen atoms in total. The molecule has 0 aromatic heterocycles. The second kappa shape index (κ2) is 9.05. The first-order valence-electron chi connectivity index (χ1n) is 8.51. The average Bonchev–Trinajstić information content (AvgIpc) is 2.58. The summed E-state index contributed by atoms with van der Waals surface area (Å²) in [5, 5.41) is 6.37. The van der Waals surface area contributed by atoms with Crippen molar-refractivity contribution in [2.24, 2.45) is 5.92 Å². The van der Waals surface area contributed by atoms with Crippen molar-refractivity contribution < 1.29 is 14.9 Å². The molecule has 4 heteroatoms. The Kier molecular flexibility index (Phi) is 7.07. The van der Waals surface area contributed by atoms with Crippen molar-refractivity contribution in [3.8, 4) is 5.75 Å². The molecule has 0 aliphatic heterocycles. The first kappa shape index (κ1) is 18.8. The standard InChI is InChI=1S/C20H26ClNO2/c1-4-23-19-8-5-16(6-9-19)11-18-12-17(7-10-20(18)21)15(3)24-14(2)13-22/h5-10,13-15,17,22H,4,11-12H2,1-3H3/p+1/t14-,15+,17-/m0/s1. The molecule has 1 aliphatic rings. The zero-order chi connectivity index (χ0) is 17.5. The van der Waals surface area contributed by atoms with Gasteiger partial charge < -0.3 is 9.47 Å². The van der Waals surface area contributed by atoms with Crippen LogP contribution in [-0.2, 0) is 11.2 Å². The van der Waals surface area contributed by atoms with Gasteiger partial charge in [0.25, 0.3) is 0 Å². The zero-order valence-electron chi connectivity index (χ0n) is 14.7. The summed E-state index contributed by atoms with van der Waals surface area (Å²) in [6, 6.07) is 8.21. The van der Waals surface area contributed by atoms with Gasteiger partial charge in [-0.3, -0.25) is 5.41 Å². The third-order valence-electron chi connectivity index (χ3n) is 4.26. The summed E-state index contributed by atoms with van der Waals surface area (Å²) < 4.78 is 11.4. The Hall–Kier alpha value is -1.58. The first-order chi connectivity index (χ1) is 11.5. The second-order valence-corrected chi connectivity index (χ2v) is 6.58. The largest absolute Gasteiger partial charge is 0.494 e. The van der Waals surface area contributed by atoms with Gasteiger partial charge >= 0.3 is 0 Å². The minimum absolute atomic E-state index is 0.0515. The van der Waals surface area contributed by atoms with Gasteiger partial charge in [0.1, 0.15) is 11.9 Å². The van der Waals surface area contributed by atoms with Crippen LogP contribution < -0.4 is 10.1 Å². The predicted octanol–water partition coefficient (Wildman–Crippen LogP) is 3.32. The molecular weight excluding hydrogens is 322 g/mol. The first-order valence-corrected chi connectivity index (χ1v) is 8.89. The van der Waals surface area contributed by atoms with E-state index in [-0.39, 0.29) is 12.2 Å². The molecule has 0 amide bonds. The van der Waals surface area contributed by atoms with Gasteiger partial charge in [0.15, 0.2) is 6.21 Å². The summed E-state index contributed by atoms with van der Waals surface area (Å²) in [7, 11) is 0. The van der Waals surface area contributed by atoms with Crippen LogP contribution >= 0.6 is 11.6 Å². The van der Waals surface area contributed by atoms with E-state index in [1.807, 2.05) is 32.1 Å². The van der Waals surface area contributed by atoms with Gasteiger partial charge in [-0.1, -0.05) is 29.8 Å². The van der Waals surface area contributed by atoms with E-state index in [4.69, 9.17) is 26.5 Å². The number of hydrogen-bond acceptors (Lipinski definition) is 2. The van der Waals surface area contributed by atoms with Gasteiger partial charge in [0.2, 0.25) is 0 Å². The van der Waals surface area contributed by atoms with Crippen molar-refractivity contribution in [3.63, 3.8) is 0 Å². The highest BCUT2D eigenvalue weighted by atomic mass is 35.5. The van der Waals surface area contributed by atoms with Gasteiger partial charge in [-0.05, 0) is 63.0 Å². The number of benzene rings is 1. The van der Waals surface area contributed by atoms with E-state index in [0.717, 1.165) is 23.6 Å². The molecule has 2 N–H and O–H groups in total. The maximum Gasteiger partial charge on any atom is 0.165 e. The Balaban J connectivity index is 2.01. The lowest BCUT2D eigenvalue weighted by atomic mass is 9.87. The molecule has 24 heavy (non-hydrogen) atoms. The third kappa shape index (κ3) is 5.22. The summed E-state index contributed by atoms with van der Waals surface area (Å²) in [6.07, 6.45) is 7.50. The molecule has 0 radical (unpaired) electrons. The number of ether oxygens (including phenoxy) is 2. The maximum atomic E-state index is 6.42. The van der Waals surface area contributed by atoms with Crippen LogP contribution in [0.25, 0.3) is 0 Å². The van der Waals surface area contributed by atoms with E-state index in [0.29, 0.717) is 12.5 Å². The highest BCUT2D eigenvalue weighted by Gasteiger charge is 2.23. The van der Waals surface area contributed by atoms with E-state index in [9.17, 15) is 0 Å². The van der Waals surface area contributed by atoms with Gasteiger partial charge in [0.05, 0.1) is 12.7 Å². The molecule has 1 aliphatic carbocycles. The van der Waals surface area contributed by atoms with E-state index < -0.39 is 0 Å². The highest BCUT2D eigenvalue weighted by Crippen LogP contribution is 2.31. The minimum Gasteiger partial charge on any atom is -0.494 e. The van der Waals surface area contributed by atoms with Gasteiger partial charge in [-0.2, -0.15) is 0 Å². The summed E-state index contributed by atoms with van der Waals surface area (Å²) >= 11 is 6.42. The molecule has 0 bridgehead atoms. The molecule has 0 spiro atoms. The van der Waals surface area contributed by atoms with Crippen LogP contribution in [0.3, 0.4) is 0 Å². The monoisotopic (exact) mass is 348 g/mol. The molecule has 130 valence electrons. The Bertz CT molecular complexity index is 607. The molecule has 3 atom stereocenters. The smallest absolute Gasteiger partial charge is 0.165 e. The molecular formula is C20H27ClNO2+. The van der Waals surface area contributed by atoms with Crippen molar-refractivity contribution in [1.29, 1.82) is 0 Å². The maximum absolute atomic E-state index is 6.42.